The molecule has 4 saturated heterocycles. The Morgan fingerprint density at radius 3 is 2.84 bits per heavy atom. The molecule has 2 aromatic carbocycles. The molecule has 5 heterocycles. The Bertz CT molecular complexity index is 990. The summed E-state index contributed by atoms with van der Waals surface area (Å²) in [5, 5.41) is 2.53. The Balaban J connectivity index is 1.61. The van der Waals surface area contributed by atoms with Crippen molar-refractivity contribution in [3.63, 3.8) is 0 Å². The predicted octanol–water partition coefficient (Wildman–Crippen LogP) is 4.13. The number of piperidine rings is 2. The minimum Gasteiger partial charge on any atom is -0.456 e. The highest BCUT2D eigenvalue weighted by Gasteiger charge is 2.55. The van der Waals surface area contributed by atoms with Crippen LogP contribution in [-0.2, 0) is 5.41 Å². The molecule has 1 aromatic heterocycles. The maximum atomic E-state index is 6.11. The van der Waals surface area contributed by atoms with Crippen molar-refractivity contribution in [2.45, 2.75) is 31.7 Å². The van der Waals surface area contributed by atoms with Crippen LogP contribution in [0.15, 0.2) is 40.8 Å². The number of aryl methyl sites for hydroxylation is 1. The van der Waals surface area contributed by atoms with Gasteiger partial charge in [-0.25, -0.2) is 0 Å². The van der Waals surface area contributed by atoms with E-state index in [1.54, 1.807) is 5.56 Å². The lowest BCUT2D eigenvalue weighted by Crippen LogP contribution is -2.72. The van der Waals surface area contributed by atoms with Crippen molar-refractivity contribution in [1.29, 1.82) is 0 Å². The van der Waals surface area contributed by atoms with Crippen molar-refractivity contribution < 1.29 is 4.42 Å². The second kappa shape index (κ2) is 4.66. The van der Waals surface area contributed by atoms with Gasteiger partial charge in [0.05, 0.1) is 6.67 Å². The number of hydrogen-bond donors (Lipinski definition) is 0. The van der Waals surface area contributed by atoms with Crippen LogP contribution in [0.2, 0.25) is 0 Å². The molecule has 7 rings (SSSR count). The topological polar surface area (TPSA) is 19.6 Å². The van der Waals surface area contributed by atoms with Crippen molar-refractivity contribution in [3.05, 3.63) is 47.5 Å². The summed E-state index contributed by atoms with van der Waals surface area (Å²) in [5.41, 5.74) is 5.25. The lowest BCUT2D eigenvalue weighted by molar-refractivity contribution is -0.121. The fraction of sp³-hybridized carbons (Fsp3) is 0.455. The van der Waals surface area contributed by atoms with E-state index in [0.717, 1.165) is 23.8 Å². The summed E-state index contributed by atoms with van der Waals surface area (Å²) in [4.78, 5) is 5.38. The molecule has 25 heavy (non-hydrogen) atoms. The van der Waals surface area contributed by atoms with Gasteiger partial charge in [-0.05, 0) is 55.5 Å². The van der Waals surface area contributed by atoms with E-state index >= 15 is 0 Å². The van der Waals surface area contributed by atoms with Crippen LogP contribution < -0.4 is 0 Å². The van der Waals surface area contributed by atoms with E-state index in [1.165, 1.54) is 42.4 Å². The molecule has 0 saturated carbocycles. The molecular formula is C22H24N2O. The Kier molecular flexibility index (Phi) is 2.67. The van der Waals surface area contributed by atoms with Crippen LogP contribution in [0.3, 0.4) is 0 Å². The molecular weight excluding hydrogens is 308 g/mol. The van der Waals surface area contributed by atoms with Gasteiger partial charge in [-0.15, -0.1) is 0 Å². The van der Waals surface area contributed by atoms with Gasteiger partial charge in [-0.1, -0.05) is 18.2 Å². The van der Waals surface area contributed by atoms with E-state index in [-0.39, 0.29) is 5.41 Å². The van der Waals surface area contributed by atoms with Crippen LogP contribution in [0.25, 0.3) is 21.9 Å². The summed E-state index contributed by atoms with van der Waals surface area (Å²) in [7, 11) is 0. The first-order chi connectivity index (χ1) is 12.1. The van der Waals surface area contributed by atoms with Crippen molar-refractivity contribution in [1.82, 2.24) is 9.80 Å². The molecule has 128 valence electrons. The zero-order valence-corrected chi connectivity index (χ0v) is 15.0. The standard InChI is InChI=1S/C22H24N2O/c1-14-7-21-18(17-5-3-4-6-20(17)25-21)8-19(14)22-9-16-10-23(12-22)13-24(11-16)15(22)2/h3-8,15-16H,9-13H2,1-2H3. The van der Waals surface area contributed by atoms with E-state index in [2.05, 4.69) is 60.0 Å². The Hall–Kier alpha value is -1.84. The zero-order chi connectivity index (χ0) is 16.8. The van der Waals surface area contributed by atoms with Crippen molar-refractivity contribution >= 4 is 21.9 Å². The minimum absolute atomic E-state index is 0.274. The molecule has 0 amide bonds. The number of rotatable bonds is 1. The number of fused-ring (bicyclic) bond motifs is 3. The summed E-state index contributed by atoms with van der Waals surface area (Å²) < 4.78 is 6.11. The molecule has 3 aromatic rings. The van der Waals surface area contributed by atoms with Crippen molar-refractivity contribution in [2.24, 2.45) is 5.92 Å². The van der Waals surface area contributed by atoms with Crippen LogP contribution in [0.5, 0.6) is 0 Å². The first-order valence-electron chi connectivity index (χ1n) is 9.53. The number of furan rings is 1. The lowest BCUT2D eigenvalue weighted by atomic mass is 9.61. The maximum Gasteiger partial charge on any atom is 0.135 e. The van der Waals surface area contributed by atoms with Crippen molar-refractivity contribution in [2.75, 3.05) is 26.3 Å². The smallest absolute Gasteiger partial charge is 0.135 e. The summed E-state index contributed by atoms with van der Waals surface area (Å²) in [5.74, 6) is 0.829. The number of para-hydroxylation sites is 1. The molecule has 3 nitrogen and oxygen atoms in total. The lowest BCUT2D eigenvalue weighted by Gasteiger charge is -2.63. The quantitative estimate of drug-likeness (QED) is 0.668. The molecule has 5 unspecified atom stereocenters. The van der Waals surface area contributed by atoms with E-state index in [4.69, 9.17) is 4.42 Å². The van der Waals surface area contributed by atoms with Crippen LogP contribution in [-0.4, -0.2) is 42.1 Å². The van der Waals surface area contributed by atoms with Gasteiger partial charge in [0.25, 0.3) is 0 Å². The molecule has 0 aliphatic carbocycles. The minimum atomic E-state index is 0.274. The number of hydrogen-bond acceptors (Lipinski definition) is 3. The SMILES string of the molecule is Cc1cc2oc3ccccc3c2cc1C12CC3CN(CN(C3)C1C)C2. The van der Waals surface area contributed by atoms with Gasteiger partial charge in [0.15, 0.2) is 0 Å². The predicted molar refractivity (Wildman–Crippen MR) is 101 cm³/mol. The third kappa shape index (κ3) is 1.78. The van der Waals surface area contributed by atoms with E-state index in [0.29, 0.717) is 6.04 Å². The fourth-order valence-corrected chi connectivity index (χ4v) is 6.11. The molecule has 4 aliphatic rings. The van der Waals surface area contributed by atoms with E-state index < -0.39 is 0 Å². The van der Waals surface area contributed by atoms with Crippen molar-refractivity contribution in [3.8, 4) is 0 Å². The van der Waals surface area contributed by atoms with Gasteiger partial charge in [0, 0.05) is 41.9 Å². The molecule has 0 N–H and O–H groups in total. The Morgan fingerprint density at radius 2 is 1.96 bits per heavy atom. The average molecular weight is 332 g/mol. The van der Waals surface area contributed by atoms with Crippen LogP contribution in [0.1, 0.15) is 24.5 Å². The first-order valence-corrected chi connectivity index (χ1v) is 9.53. The summed E-state index contributed by atoms with van der Waals surface area (Å²) in [6, 6.07) is 13.8. The molecule has 0 radical (unpaired) electrons. The molecule has 3 heteroatoms. The third-order valence-corrected chi connectivity index (χ3v) is 7.16. The molecule has 4 bridgehead atoms. The summed E-state index contributed by atoms with van der Waals surface area (Å²) in [6.07, 6.45) is 1.34. The van der Waals surface area contributed by atoms with Gasteiger partial charge in [0.1, 0.15) is 11.2 Å². The van der Waals surface area contributed by atoms with Crippen LogP contribution in [0.4, 0.5) is 0 Å². The normalized spacial score (nSPS) is 36.6. The molecule has 0 spiro atoms. The summed E-state index contributed by atoms with van der Waals surface area (Å²) >= 11 is 0. The second-order valence-corrected chi connectivity index (χ2v) is 8.59. The van der Waals surface area contributed by atoms with E-state index in [1.807, 2.05) is 0 Å². The Labute approximate surface area is 148 Å². The highest BCUT2D eigenvalue weighted by atomic mass is 16.3. The number of nitrogens with zero attached hydrogens (tertiary/aromatic N) is 2. The van der Waals surface area contributed by atoms with Gasteiger partial charge >= 0.3 is 0 Å². The molecule has 5 atom stereocenters. The third-order valence-electron chi connectivity index (χ3n) is 7.16. The summed E-state index contributed by atoms with van der Waals surface area (Å²) in [6.45, 7) is 9.68. The molecule has 4 fully saturated rings. The highest BCUT2D eigenvalue weighted by Crippen LogP contribution is 2.50. The van der Waals surface area contributed by atoms with Crippen LogP contribution in [0, 0.1) is 12.8 Å². The van der Waals surface area contributed by atoms with Crippen LogP contribution >= 0.6 is 0 Å². The highest BCUT2D eigenvalue weighted by molar-refractivity contribution is 6.05. The molecule has 4 aliphatic heterocycles. The largest absolute Gasteiger partial charge is 0.456 e. The Morgan fingerprint density at radius 1 is 1.08 bits per heavy atom. The van der Waals surface area contributed by atoms with Gasteiger partial charge in [-0.2, -0.15) is 0 Å². The maximum absolute atomic E-state index is 6.11. The second-order valence-electron chi connectivity index (χ2n) is 8.59. The fourth-order valence-electron chi connectivity index (χ4n) is 6.11. The monoisotopic (exact) mass is 332 g/mol. The van der Waals surface area contributed by atoms with E-state index in [9.17, 15) is 0 Å². The number of benzene rings is 2. The average Bonchev–Trinajstić information content (AvgIpc) is 2.95. The van der Waals surface area contributed by atoms with Gasteiger partial charge in [-0.3, -0.25) is 9.80 Å². The zero-order valence-electron chi connectivity index (χ0n) is 15.0. The first kappa shape index (κ1) is 14.3. The van der Waals surface area contributed by atoms with Gasteiger partial charge in [0.2, 0.25) is 0 Å². The van der Waals surface area contributed by atoms with Gasteiger partial charge < -0.3 is 4.42 Å².